The number of rotatable bonds is 7. The molecule has 8 heteroatoms. The highest BCUT2D eigenvalue weighted by Gasteiger charge is 2.57. The summed E-state index contributed by atoms with van der Waals surface area (Å²) in [6, 6.07) is 10.5. The molecule has 2 saturated heterocycles. The molecule has 3 amide bonds. The topological polar surface area (TPSA) is 96.9 Å². The van der Waals surface area contributed by atoms with E-state index in [4.69, 9.17) is 4.74 Å². The van der Waals surface area contributed by atoms with Crippen LogP contribution in [0.3, 0.4) is 0 Å². The summed E-state index contributed by atoms with van der Waals surface area (Å²) < 4.78 is 5.26. The number of pyridine rings is 1. The van der Waals surface area contributed by atoms with Crippen molar-refractivity contribution in [3.8, 4) is 5.75 Å². The third-order valence-corrected chi connectivity index (χ3v) is 7.45. The zero-order valence-electron chi connectivity index (χ0n) is 19.8. The Morgan fingerprint density at radius 2 is 1.89 bits per heavy atom. The van der Waals surface area contributed by atoms with Crippen LogP contribution >= 0.6 is 0 Å². The minimum atomic E-state index is -1.23. The molecule has 2 aromatic rings. The second-order valence-electron chi connectivity index (χ2n) is 9.75. The van der Waals surface area contributed by atoms with Crippen LogP contribution in [0.25, 0.3) is 0 Å². The van der Waals surface area contributed by atoms with E-state index in [2.05, 4.69) is 4.98 Å². The van der Waals surface area contributed by atoms with E-state index >= 15 is 0 Å². The highest BCUT2D eigenvalue weighted by Crippen LogP contribution is 2.45. The third-order valence-electron chi connectivity index (χ3n) is 7.45. The number of aromatic nitrogens is 1. The molecule has 0 N–H and O–H groups in total. The summed E-state index contributed by atoms with van der Waals surface area (Å²) in [6.07, 6.45) is 6.09. The number of benzene rings is 1. The van der Waals surface area contributed by atoms with Gasteiger partial charge in [0.25, 0.3) is 0 Å². The first-order valence-electron chi connectivity index (χ1n) is 12.2. The number of ether oxygens (including phenoxy) is 1. The van der Waals surface area contributed by atoms with Gasteiger partial charge < -0.3 is 9.64 Å². The molecule has 1 aromatic carbocycles. The summed E-state index contributed by atoms with van der Waals surface area (Å²) in [7, 11) is 1.56. The fraction of sp³-hybridized carbons (Fsp3) is 0.444. The number of methoxy groups -OCH3 is 1. The molecule has 1 aliphatic carbocycles. The van der Waals surface area contributed by atoms with E-state index in [1.165, 1.54) is 4.90 Å². The van der Waals surface area contributed by atoms with Crippen LogP contribution in [0.2, 0.25) is 0 Å². The first kappa shape index (κ1) is 23.2. The number of Topliss-reactive ketones (excluding diaryl/α,β-unsaturated/α-hetero) is 1. The minimum absolute atomic E-state index is 0.0208. The van der Waals surface area contributed by atoms with Crippen molar-refractivity contribution < 1.29 is 23.9 Å². The van der Waals surface area contributed by atoms with E-state index in [0.29, 0.717) is 42.8 Å². The molecule has 3 aliphatic rings. The van der Waals surface area contributed by atoms with Gasteiger partial charge in [-0.3, -0.25) is 29.1 Å². The molecule has 3 heterocycles. The predicted octanol–water partition coefficient (Wildman–Crippen LogP) is 2.76. The molecule has 0 radical (unpaired) electrons. The third kappa shape index (κ3) is 4.33. The van der Waals surface area contributed by atoms with Crippen LogP contribution in [0.15, 0.2) is 48.8 Å². The number of hydrogen-bond donors (Lipinski definition) is 0. The summed E-state index contributed by atoms with van der Waals surface area (Å²) in [5.41, 5.74) is -0.0464. The smallest absolute Gasteiger partial charge is 0.241 e. The molecular formula is C27H29N3O5. The lowest BCUT2D eigenvalue weighted by molar-refractivity contribution is -0.143. The Balaban J connectivity index is 1.39. The maximum absolute atomic E-state index is 13.7. The molecule has 2 unspecified atom stereocenters. The van der Waals surface area contributed by atoms with Crippen LogP contribution in [0.5, 0.6) is 5.75 Å². The van der Waals surface area contributed by atoms with Gasteiger partial charge in [0.05, 0.1) is 12.5 Å². The zero-order chi connectivity index (χ0) is 24.6. The van der Waals surface area contributed by atoms with Crippen molar-refractivity contribution in [2.75, 3.05) is 20.2 Å². The SMILES string of the molecule is COc1ccc(C2(CC(=O)N3CCCC(C(=O)c4cccnc4)C3)CC(=O)N(C3CC3)C2=O)cc1. The summed E-state index contributed by atoms with van der Waals surface area (Å²) in [6.45, 7) is 0.836. The van der Waals surface area contributed by atoms with Crippen LogP contribution in [0, 0.1) is 5.92 Å². The molecule has 35 heavy (non-hydrogen) atoms. The van der Waals surface area contributed by atoms with Crippen LogP contribution in [0.1, 0.15) is 54.4 Å². The second-order valence-corrected chi connectivity index (χ2v) is 9.75. The average molecular weight is 476 g/mol. The molecule has 1 saturated carbocycles. The van der Waals surface area contributed by atoms with Crippen molar-refractivity contribution >= 4 is 23.5 Å². The van der Waals surface area contributed by atoms with Crippen molar-refractivity contribution in [3.05, 3.63) is 59.9 Å². The summed E-state index contributed by atoms with van der Waals surface area (Å²) >= 11 is 0. The molecule has 0 spiro atoms. The zero-order valence-corrected chi connectivity index (χ0v) is 19.8. The van der Waals surface area contributed by atoms with Crippen LogP contribution in [-0.4, -0.2) is 64.5 Å². The number of ketones is 1. The van der Waals surface area contributed by atoms with Gasteiger partial charge in [0, 0.05) is 55.8 Å². The number of amides is 3. The van der Waals surface area contributed by atoms with Gasteiger partial charge in [-0.1, -0.05) is 12.1 Å². The first-order valence-corrected chi connectivity index (χ1v) is 12.2. The van der Waals surface area contributed by atoms with E-state index in [0.717, 1.165) is 12.8 Å². The molecule has 182 valence electrons. The number of piperidine rings is 1. The lowest BCUT2D eigenvalue weighted by atomic mass is 9.75. The quantitative estimate of drug-likeness (QED) is 0.451. The largest absolute Gasteiger partial charge is 0.497 e. The fourth-order valence-electron chi connectivity index (χ4n) is 5.37. The van der Waals surface area contributed by atoms with Crippen molar-refractivity contribution in [2.45, 2.75) is 50.0 Å². The van der Waals surface area contributed by atoms with Crippen molar-refractivity contribution in [1.82, 2.24) is 14.8 Å². The average Bonchev–Trinajstić information content (AvgIpc) is 3.69. The van der Waals surface area contributed by atoms with Gasteiger partial charge in [-0.2, -0.15) is 0 Å². The number of nitrogens with zero attached hydrogens (tertiary/aromatic N) is 3. The second kappa shape index (κ2) is 9.24. The van der Waals surface area contributed by atoms with Crippen LogP contribution < -0.4 is 4.74 Å². The Morgan fingerprint density at radius 3 is 2.54 bits per heavy atom. The maximum atomic E-state index is 13.7. The maximum Gasteiger partial charge on any atom is 0.241 e. The van der Waals surface area contributed by atoms with E-state index in [1.54, 1.807) is 60.8 Å². The lowest BCUT2D eigenvalue weighted by Crippen LogP contribution is -2.47. The molecular weight excluding hydrogens is 446 g/mol. The molecule has 8 nitrogen and oxygen atoms in total. The van der Waals surface area contributed by atoms with Crippen molar-refractivity contribution in [3.63, 3.8) is 0 Å². The van der Waals surface area contributed by atoms with Crippen LogP contribution in [-0.2, 0) is 19.8 Å². The minimum Gasteiger partial charge on any atom is -0.497 e. The molecule has 1 aromatic heterocycles. The van der Waals surface area contributed by atoms with E-state index in [-0.39, 0.29) is 48.3 Å². The number of carbonyl (C=O) groups is 4. The number of hydrogen-bond acceptors (Lipinski definition) is 6. The van der Waals surface area contributed by atoms with Gasteiger partial charge in [-0.05, 0) is 55.5 Å². The number of likely N-dealkylation sites (tertiary alicyclic amines) is 2. The predicted molar refractivity (Wildman–Crippen MR) is 127 cm³/mol. The fourth-order valence-corrected chi connectivity index (χ4v) is 5.37. The van der Waals surface area contributed by atoms with Gasteiger partial charge in [0.15, 0.2) is 5.78 Å². The standard InChI is InChI=1S/C27H29N3O5/c1-35-22-10-6-20(7-11-22)27(15-24(32)30(26(27)34)21-8-9-21)14-23(31)29-13-3-5-19(17-29)25(33)18-4-2-12-28-16-18/h2,4,6-7,10-12,16,19,21H,3,5,8-9,13-15,17H2,1H3. The molecule has 2 aliphatic heterocycles. The highest BCUT2D eigenvalue weighted by atomic mass is 16.5. The van der Waals surface area contributed by atoms with Gasteiger partial charge >= 0.3 is 0 Å². The van der Waals surface area contributed by atoms with E-state index < -0.39 is 5.41 Å². The molecule has 3 fully saturated rings. The van der Waals surface area contributed by atoms with E-state index in [9.17, 15) is 19.2 Å². The normalized spacial score (nSPS) is 24.5. The first-order chi connectivity index (χ1) is 16.9. The van der Waals surface area contributed by atoms with Crippen molar-refractivity contribution in [2.24, 2.45) is 5.92 Å². The number of carbonyl (C=O) groups excluding carboxylic acids is 4. The molecule has 2 atom stereocenters. The van der Waals surface area contributed by atoms with Gasteiger partial charge in [0.1, 0.15) is 5.75 Å². The van der Waals surface area contributed by atoms with E-state index in [1.807, 2.05) is 0 Å². The summed E-state index contributed by atoms with van der Waals surface area (Å²) in [5.74, 6) is -0.403. The Labute approximate surface area is 204 Å². The number of imide groups is 1. The Hall–Kier alpha value is -3.55. The van der Waals surface area contributed by atoms with Gasteiger partial charge in [-0.25, -0.2) is 0 Å². The Morgan fingerprint density at radius 1 is 1.11 bits per heavy atom. The molecule has 5 rings (SSSR count). The Bertz CT molecular complexity index is 1150. The molecule has 0 bridgehead atoms. The monoisotopic (exact) mass is 475 g/mol. The summed E-state index contributed by atoms with van der Waals surface area (Å²) in [5, 5.41) is 0. The lowest BCUT2D eigenvalue weighted by Gasteiger charge is -2.35. The van der Waals surface area contributed by atoms with Gasteiger partial charge in [0.2, 0.25) is 17.7 Å². The highest BCUT2D eigenvalue weighted by molar-refractivity contribution is 6.11. The van der Waals surface area contributed by atoms with Gasteiger partial charge in [-0.15, -0.1) is 0 Å². The van der Waals surface area contributed by atoms with Crippen LogP contribution in [0.4, 0.5) is 0 Å². The summed E-state index contributed by atoms with van der Waals surface area (Å²) in [4.78, 5) is 60.3. The Kier molecular flexibility index (Phi) is 6.13. The van der Waals surface area contributed by atoms with Crippen molar-refractivity contribution in [1.29, 1.82) is 0 Å².